The summed E-state index contributed by atoms with van der Waals surface area (Å²) in [6.07, 6.45) is 0. The molecule has 0 aliphatic carbocycles. The third-order valence-electron chi connectivity index (χ3n) is 3.70. The fourth-order valence-corrected chi connectivity index (χ4v) is 3.05. The van der Waals surface area contributed by atoms with Crippen molar-refractivity contribution >= 4 is 28.7 Å². The summed E-state index contributed by atoms with van der Waals surface area (Å²) in [6, 6.07) is 13.9. The lowest BCUT2D eigenvalue weighted by molar-refractivity contribution is 0.101. The second-order valence-electron chi connectivity index (χ2n) is 5.73. The fourth-order valence-electron chi connectivity index (χ4n) is 2.45. The highest BCUT2D eigenvalue weighted by atomic mass is 32.1. The van der Waals surface area contributed by atoms with Crippen molar-refractivity contribution < 1.29 is 14.3 Å². The summed E-state index contributed by atoms with van der Waals surface area (Å²) in [7, 11) is 0. The Morgan fingerprint density at radius 3 is 2.69 bits per heavy atom. The Bertz CT molecular complexity index is 949. The third-order valence-corrected chi connectivity index (χ3v) is 4.53. The number of nitrogens with zero attached hydrogens (tertiary/aromatic N) is 1. The number of para-hydroxylation sites is 1. The number of amides is 1. The number of rotatable bonds is 6. The maximum Gasteiger partial charge on any atom is 0.255 e. The van der Waals surface area contributed by atoms with Gasteiger partial charge in [0.05, 0.1) is 16.4 Å². The maximum atomic E-state index is 12.5. The third kappa shape index (κ3) is 4.34. The SMILES string of the molecule is CC(=O)c1ccccc1NC(=O)c1cccc(OCc2csc(C)n2)c1. The summed E-state index contributed by atoms with van der Waals surface area (Å²) in [5.74, 6) is 0.188. The molecular formula is C20H18N2O3S. The number of thiazole rings is 1. The summed E-state index contributed by atoms with van der Waals surface area (Å²) >= 11 is 1.57. The minimum atomic E-state index is -0.298. The van der Waals surface area contributed by atoms with Crippen molar-refractivity contribution in [3.63, 3.8) is 0 Å². The lowest BCUT2D eigenvalue weighted by atomic mass is 10.1. The zero-order valence-electron chi connectivity index (χ0n) is 14.5. The molecule has 1 heterocycles. The Balaban J connectivity index is 1.71. The highest BCUT2D eigenvalue weighted by Crippen LogP contribution is 2.20. The van der Waals surface area contributed by atoms with Crippen molar-refractivity contribution in [3.05, 3.63) is 75.7 Å². The molecule has 5 nitrogen and oxygen atoms in total. The van der Waals surface area contributed by atoms with Crippen LogP contribution in [0.2, 0.25) is 0 Å². The average Bonchev–Trinajstić information content (AvgIpc) is 3.06. The van der Waals surface area contributed by atoms with Gasteiger partial charge in [0.15, 0.2) is 5.78 Å². The standard InChI is InChI=1S/C20H18N2O3S/c1-13(23)18-8-3-4-9-19(18)22-20(24)15-6-5-7-17(10-15)25-11-16-12-26-14(2)21-16/h3-10,12H,11H2,1-2H3,(H,22,24). The lowest BCUT2D eigenvalue weighted by Crippen LogP contribution is -2.14. The van der Waals surface area contributed by atoms with Crippen LogP contribution in [0.3, 0.4) is 0 Å². The summed E-state index contributed by atoms with van der Waals surface area (Å²) in [4.78, 5) is 28.6. The van der Waals surface area contributed by atoms with Crippen LogP contribution in [0.1, 0.15) is 38.3 Å². The van der Waals surface area contributed by atoms with E-state index in [1.54, 1.807) is 59.9 Å². The normalized spacial score (nSPS) is 10.4. The van der Waals surface area contributed by atoms with Gasteiger partial charge in [0, 0.05) is 16.5 Å². The second kappa shape index (κ2) is 7.93. The molecule has 0 unspecified atom stereocenters. The van der Waals surface area contributed by atoms with Gasteiger partial charge in [-0.05, 0) is 44.2 Å². The highest BCUT2D eigenvalue weighted by Gasteiger charge is 2.12. The Morgan fingerprint density at radius 2 is 1.96 bits per heavy atom. The quantitative estimate of drug-likeness (QED) is 0.653. The van der Waals surface area contributed by atoms with Crippen molar-refractivity contribution in [1.82, 2.24) is 4.98 Å². The number of ether oxygens (including phenoxy) is 1. The van der Waals surface area contributed by atoms with E-state index in [4.69, 9.17) is 4.74 Å². The number of hydrogen-bond donors (Lipinski definition) is 1. The van der Waals surface area contributed by atoms with Crippen LogP contribution < -0.4 is 10.1 Å². The monoisotopic (exact) mass is 366 g/mol. The van der Waals surface area contributed by atoms with Crippen LogP contribution in [0.25, 0.3) is 0 Å². The molecule has 0 saturated heterocycles. The molecule has 1 aromatic heterocycles. The largest absolute Gasteiger partial charge is 0.487 e. The number of carbonyl (C=O) groups excluding carboxylic acids is 2. The van der Waals surface area contributed by atoms with E-state index in [0.717, 1.165) is 10.7 Å². The van der Waals surface area contributed by atoms with E-state index in [-0.39, 0.29) is 11.7 Å². The molecule has 3 rings (SSSR count). The summed E-state index contributed by atoms with van der Waals surface area (Å²) < 4.78 is 5.72. The first-order valence-corrected chi connectivity index (χ1v) is 8.96. The van der Waals surface area contributed by atoms with Crippen molar-refractivity contribution in [2.45, 2.75) is 20.5 Å². The van der Waals surface area contributed by atoms with E-state index < -0.39 is 0 Å². The molecule has 1 amide bonds. The molecule has 0 saturated carbocycles. The molecule has 0 aliphatic heterocycles. The van der Waals surface area contributed by atoms with Gasteiger partial charge in [-0.2, -0.15) is 0 Å². The fraction of sp³-hybridized carbons (Fsp3) is 0.150. The molecule has 0 aliphatic rings. The van der Waals surface area contributed by atoms with Gasteiger partial charge >= 0.3 is 0 Å². The van der Waals surface area contributed by atoms with Crippen LogP contribution in [0.15, 0.2) is 53.9 Å². The minimum absolute atomic E-state index is 0.100. The number of nitrogens with one attached hydrogen (secondary N) is 1. The molecule has 26 heavy (non-hydrogen) atoms. The molecule has 3 aromatic rings. The molecule has 0 fully saturated rings. The van der Waals surface area contributed by atoms with Gasteiger partial charge in [-0.25, -0.2) is 4.98 Å². The zero-order valence-corrected chi connectivity index (χ0v) is 15.3. The number of hydrogen-bond acceptors (Lipinski definition) is 5. The van der Waals surface area contributed by atoms with Crippen LogP contribution in [-0.4, -0.2) is 16.7 Å². The number of carbonyl (C=O) groups is 2. The van der Waals surface area contributed by atoms with Crippen LogP contribution in [0.4, 0.5) is 5.69 Å². The Labute approximate surface area is 155 Å². The predicted molar refractivity (Wildman–Crippen MR) is 102 cm³/mol. The van der Waals surface area contributed by atoms with Gasteiger partial charge in [0.1, 0.15) is 12.4 Å². The van der Waals surface area contributed by atoms with Gasteiger partial charge in [-0.1, -0.05) is 18.2 Å². The molecule has 6 heteroatoms. The Morgan fingerprint density at radius 1 is 1.15 bits per heavy atom. The lowest BCUT2D eigenvalue weighted by Gasteiger charge is -2.10. The van der Waals surface area contributed by atoms with E-state index >= 15 is 0 Å². The molecule has 0 atom stereocenters. The molecule has 1 N–H and O–H groups in total. The van der Waals surface area contributed by atoms with Crippen molar-refractivity contribution in [2.75, 3.05) is 5.32 Å². The minimum Gasteiger partial charge on any atom is -0.487 e. The van der Waals surface area contributed by atoms with E-state index in [2.05, 4.69) is 10.3 Å². The van der Waals surface area contributed by atoms with Crippen LogP contribution in [0, 0.1) is 6.92 Å². The summed E-state index contributed by atoms with van der Waals surface area (Å²) in [5, 5.41) is 5.72. The maximum absolute atomic E-state index is 12.5. The molecular weight excluding hydrogens is 348 g/mol. The van der Waals surface area contributed by atoms with Crippen LogP contribution in [-0.2, 0) is 6.61 Å². The van der Waals surface area contributed by atoms with Gasteiger partial charge in [0.25, 0.3) is 5.91 Å². The Kier molecular flexibility index (Phi) is 5.43. The number of aryl methyl sites for hydroxylation is 1. The number of anilines is 1. The van der Waals surface area contributed by atoms with E-state index in [0.29, 0.717) is 29.2 Å². The molecule has 132 valence electrons. The summed E-state index contributed by atoms with van der Waals surface area (Å²) in [6.45, 7) is 3.76. The van der Waals surface area contributed by atoms with E-state index in [1.807, 2.05) is 12.3 Å². The molecule has 0 radical (unpaired) electrons. The zero-order chi connectivity index (χ0) is 18.5. The Hall–Kier alpha value is -2.99. The highest BCUT2D eigenvalue weighted by molar-refractivity contribution is 7.09. The first-order chi connectivity index (χ1) is 12.5. The van der Waals surface area contributed by atoms with E-state index in [9.17, 15) is 9.59 Å². The van der Waals surface area contributed by atoms with E-state index in [1.165, 1.54) is 6.92 Å². The van der Waals surface area contributed by atoms with Crippen molar-refractivity contribution in [2.24, 2.45) is 0 Å². The number of aromatic nitrogens is 1. The van der Waals surface area contributed by atoms with Gasteiger partial charge in [-0.3, -0.25) is 9.59 Å². The van der Waals surface area contributed by atoms with Crippen molar-refractivity contribution in [3.8, 4) is 5.75 Å². The first-order valence-electron chi connectivity index (χ1n) is 8.08. The topological polar surface area (TPSA) is 68.3 Å². The molecule has 0 bridgehead atoms. The summed E-state index contributed by atoms with van der Waals surface area (Å²) in [5.41, 5.74) is 2.29. The van der Waals surface area contributed by atoms with Crippen LogP contribution in [0.5, 0.6) is 5.75 Å². The van der Waals surface area contributed by atoms with Crippen LogP contribution >= 0.6 is 11.3 Å². The number of ketones is 1. The number of benzene rings is 2. The first kappa shape index (κ1) is 17.8. The molecule has 2 aromatic carbocycles. The van der Waals surface area contributed by atoms with Gasteiger partial charge in [-0.15, -0.1) is 11.3 Å². The molecule has 0 spiro atoms. The predicted octanol–water partition coefficient (Wildman–Crippen LogP) is 4.49. The average molecular weight is 366 g/mol. The van der Waals surface area contributed by atoms with Crippen molar-refractivity contribution in [1.29, 1.82) is 0 Å². The van der Waals surface area contributed by atoms with Gasteiger partial charge in [0.2, 0.25) is 0 Å². The van der Waals surface area contributed by atoms with Gasteiger partial charge < -0.3 is 10.1 Å². The second-order valence-corrected chi connectivity index (χ2v) is 6.79. The smallest absolute Gasteiger partial charge is 0.255 e. The number of Topliss-reactive ketones (excluding diaryl/α,β-unsaturated/α-hetero) is 1.